The third-order valence-electron chi connectivity index (χ3n) is 3.14. The zero-order chi connectivity index (χ0) is 12.0. The number of carbonyl (C=O) groups excluding carboxylic acids is 1. The molecule has 1 amide bonds. The van der Waals surface area contributed by atoms with E-state index in [9.17, 15) is 4.79 Å². The Hall–Kier alpha value is -1.08. The third kappa shape index (κ3) is 3.82. The van der Waals surface area contributed by atoms with Gasteiger partial charge in [-0.3, -0.25) is 4.79 Å². The first-order valence-corrected chi connectivity index (χ1v) is 6.12. The molecule has 0 radical (unpaired) electrons. The van der Waals surface area contributed by atoms with Crippen LogP contribution in [0.2, 0.25) is 0 Å². The Labute approximate surface area is 97.2 Å². The number of rotatable bonds is 5. The topological polar surface area (TPSA) is 78.9 Å². The van der Waals surface area contributed by atoms with E-state index in [0.717, 1.165) is 32.1 Å². The molecule has 0 spiro atoms. The van der Waals surface area contributed by atoms with Crippen LogP contribution >= 0.6 is 0 Å². The lowest BCUT2D eigenvalue weighted by atomic mass is 10.0. The smallest absolute Gasteiger partial charge is 0.221 e. The maximum atomic E-state index is 11.6. The lowest BCUT2D eigenvalue weighted by Gasteiger charge is -2.17. The number of amides is 1. The third-order valence-corrected chi connectivity index (χ3v) is 3.14. The van der Waals surface area contributed by atoms with Crippen LogP contribution in [-0.2, 0) is 4.79 Å². The molecule has 3 atom stereocenters. The molecular weight excluding hydrogens is 202 g/mol. The van der Waals surface area contributed by atoms with Crippen LogP contribution in [0.5, 0.6) is 0 Å². The van der Waals surface area contributed by atoms with E-state index < -0.39 is 0 Å². The number of nitrogens with one attached hydrogen (secondary N) is 1. The summed E-state index contributed by atoms with van der Waals surface area (Å²) < 4.78 is 0. The van der Waals surface area contributed by atoms with E-state index in [1.807, 2.05) is 0 Å². The molecule has 1 fully saturated rings. The highest BCUT2D eigenvalue weighted by atomic mass is 16.1. The minimum Gasteiger partial charge on any atom is -0.352 e. The summed E-state index contributed by atoms with van der Waals surface area (Å²) in [5, 5.41) is 11.8. The summed E-state index contributed by atoms with van der Waals surface area (Å²) in [4.78, 5) is 11.6. The molecule has 1 rings (SSSR count). The zero-order valence-electron chi connectivity index (χ0n) is 9.91. The van der Waals surface area contributed by atoms with Gasteiger partial charge in [-0.2, -0.15) is 5.26 Å². The average molecular weight is 223 g/mol. The molecular formula is C12H21N3O. The van der Waals surface area contributed by atoms with Gasteiger partial charge in [-0.25, -0.2) is 0 Å². The summed E-state index contributed by atoms with van der Waals surface area (Å²) in [7, 11) is 0. The van der Waals surface area contributed by atoms with E-state index in [2.05, 4.69) is 18.3 Å². The second-order valence-electron chi connectivity index (χ2n) is 4.59. The van der Waals surface area contributed by atoms with E-state index in [1.54, 1.807) is 0 Å². The fourth-order valence-corrected chi connectivity index (χ4v) is 2.26. The monoisotopic (exact) mass is 223 g/mol. The molecule has 16 heavy (non-hydrogen) atoms. The fraction of sp³-hybridized carbons (Fsp3) is 0.833. The van der Waals surface area contributed by atoms with Crippen molar-refractivity contribution < 1.29 is 4.79 Å². The second-order valence-corrected chi connectivity index (χ2v) is 4.59. The van der Waals surface area contributed by atoms with Crippen LogP contribution in [0.1, 0.15) is 45.4 Å². The lowest BCUT2D eigenvalue weighted by Crippen LogP contribution is -2.39. The maximum Gasteiger partial charge on any atom is 0.221 e. The predicted octanol–water partition coefficient (Wildman–Crippen LogP) is 1.31. The molecule has 4 heteroatoms. The summed E-state index contributed by atoms with van der Waals surface area (Å²) in [6.45, 7) is 2.06. The molecule has 90 valence electrons. The van der Waals surface area contributed by atoms with Gasteiger partial charge < -0.3 is 11.1 Å². The fourth-order valence-electron chi connectivity index (χ4n) is 2.26. The van der Waals surface area contributed by atoms with Gasteiger partial charge >= 0.3 is 0 Å². The number of hydrogen-bond donors (Lipinski definition) is 2. The van der Waals surface area contributed by atoms with Crippen molar-refractivity contribution >= 4 is 5.91 Å². The molecule has 0 aromatic heterocycles. The summed E-state index contributed by atoms with van der Waals surface area (Å²) in [5.41, 5.74) is 5.80. The SMILES string of the molecule is CCCC(N)CC(=O)NC1CCCC1C#N. The molecule has 3 N–H and O–H groups in total. The normalized spacial score (nSPS) is 26.1. The van der Waals surface area contributed by atoms with Crippen LogP contribution in [-0.4, -0.2) is 18.0 Å². The highest BCUT2D eigenvalue weighted by Crippen LogP contribution is 2.24. The molecule has 0 aliphatic heterocycles. The van der Waals surface area contributed by atoms with Gasteiger partial charge in [0.05, 0.1) is 12.0 Å². The standard InChI is InChI=1S/C12H21N3O/c1-2-4-10(14)7-12(16)15-11-6-3-5-9(11)8-13/h9-11H,2-7,14H2,1H3,(H,15,16). The van der Waals surface area contributed by atoms with Gasteiger partial charge in [-0.15, -0.1) is 0 Å². The molecule has 1 saturated carbocycles. The van der Waals surface area contributed by atoms with E-state index in [4.69, 9.17) is 11.0 Å². The van der Waals surface area contributed by atoms with Gasteiger partial charge in [-0.1, -0.05) is 13.3 Å². The second kappa shape index (κ2) is 6.49. The summed E-state index contributed by atoms with van der Waals surface area (Å²) in [6.07, 6.45) is 5.11. The van der Waals surface area contributed by atoms with Crippen LogP contribution in [0.15, 0.2) is 0 Å². The first-order chi connectivity index (χ1) is 7.67. The van der Waals surface area contributed by atoms with Gasteiger partial charge in [0.1, 0.15) is 0 Å². The van der Waals surface area contributed by atoms with Crippen molar-refractivity contribution in [1.29, 1.82) is 5.26 Å². The Balaban J connectivity index is 2.31. The average Bonchev–Trinajstić information content (AvgIpc) is 2.65. The number of hydrogen-bond acceptors (Lipinski definition) is 3. The van der Waals surface area contributed by atoms with Crippen molar-refractivity contribution in [2.75, 3.05) is 0 Å². The van der Waals surface area contributed by atoms with Crippen molar-refractivity contribution in [3.63, 3.8) is 0 Å². The maximum absolute atomic E-state index is 11.6. The highest BCUT2D eigenvalue weighted by Gasteiger charge is 2.28. The van der Waals surface area contributed by atoms with E-state index >= 15 is 0 Å². The molecule has 4 nitrogen and oxygen atoms in total. The van der Waals surface area contributed by atoms with Gasteiger partial charge in [0.2, 0.25) is 5.91 Å². The van der Waals surface area contributed by atoms with Gasteiger partial charge in [0, 0.05) is 18.5 Å². The molecule has 0 saturated heterocycles. The first kappa shape index (κ1) is 13.0. The van der Waals surface area contributed by atoms with Crippen LogP contribution < -0.4 is 11.1 Å². The quantitative estimate of drug-likeness (QED) is 0.737. The summed E-state index contributed by atoms with van der Waals surface area (Å²) >= 11 is 0. The van der Waals surface area contributed by atoms with Crippen molar-refractivity contribution in [3.8, 4) is 6.07 Å². The molecule has 3 unspecified atom stereocenters. The number of nitrogens with two attached hydrogens (primary N) is 1. The Morgan fingerprint density at radius 1 is 1.62 bits per heavy atom. The van der Waals surface area contributed by atoms with Gasteiger partial charge in [0.15, 0.2) is 0 Å². The molecule has 1 aliphatic rings. The van der Waals surface area contributed by atoms with E-state index in [-0.39, 0.29) is 23.9 Å². The van der Waals surface area contributed by atoms with Crippen LogP contribution in [0.3, 0.4) is 0 Å². The minimum absolute atomic E-state index is 0.00639. The van der Waals surface area contributed by atoms with Crippen molar-refractivity contribution in [2.24, 2.45) is 11.7 Å². The van der Waals surface area contributed by atoms with E-state index in [1.165, 1.54) is 0 Å². The Kier molecular flexibility index (Phi) is 5.27. The van der Waals surface area contributed by atoms with Crippen molar-refractivity contribution in [1.82, 2.24) is 5.32 Å². The van der Waals surface area contributed by atoms with Crippen LogP contribution in [0.4, 0.5) is 0 Å². The number of nitriles is 1. The zero-order valence-corrected chi connectivity index (χ0v) is 9.91. The minimum atomic E-state index is -0.0491. The van der Waals surface area contributed by atoms with Crippen LogP contribution in [0, 0.1) is 17.2 Å². The van der Waals surface area contributed by atoms with Crippen molar-refractivity contribution in [2.45, 2.75) is 57.5 Å². The number of nitrogens with zero attached hydrogens (tertiary/aromatic N) is 1. The summed E-state index contributed by atoms with van der Waals surface area (Å²) in [6, 6.07) is 2.25. The molecule has 0 bridgehead atoms. The Morgan fingerprint density at radius 2 is 2.38 bits per heavy atom. The lowest BCUT2D eigenvalue weighted by molar-refractivity contribution is -0.122. The molecule has 0 aromatic rings. The predicted molar refractivity (Wildman–Crippen MR) is 62.4 cm³/mol. The number of carbonyl (C=O) groups is 1. The Bertz CT molecular complexity index is 272. The summed E-state index contributed by atoms with van der Waals surface area (Å²) in [5.74, 6) is -0.0144. The molecule has 0 heterocycles. The van der Waals surface area contributed by atoms with Crippen molar-refractivity contribution in [3.05, 3.63) is 0 Å². The molecule has 1 aliphatic carbocycles. The van der Waals surface area contributed by atoms with E-state index in [0.29, 0.717) is 6.42 Å². The first-order valence-electron chi connectivity index (χ1n) is 6.12. The highest BCUT2D eigenvalue weighted by molar-refractivity contribution is 5.77. The van der Waals surface area contributed by atoms with Crippen LogP contribution in [0.25, 0.3) is 0 Å². The van der Waals surface area contributed by atoms with Gasteiger partial charge in [-0.05, 0) is 25.7 Å². The Morgan fingerprint density at radius 3 is 3.00 bits per heavy atom. The van der Waals surface area contributed by atoms with Gasteiger partial charge in [0.25, 0.3) is 0 Å². The molecule has 0 aromatic carbocycles. The largest absolute Gasteiger partial charge is 0.352 e.